The molecule has 5 aromatic rings. The van der Waals surface area contributed by atoms with Gasteiger partial charge in [0.05, 0.1) is 45.7 Å². The molecular formula is C36H33Cl2F2N7O3. The fourth-order valence-corrected chi connectivity index (χ4v) is 7.30. The molecule has 2 saturated heterocycles. The molecule has 3 aromatic heterocycles. The average molecular weight is 721 g/mol. The molecule has 0 unspecified atom stereocenters. The highest BCUT2D eigenvalue weighted by Crippen LogP contribution is 2.43. The van der Waals surface area contributed by atoms with Crippen molar-refractivity contribution >= 4 is 51.4 Å². The second-order valence-corrected chi connectivity index (χ2v) is 13.4. The molecule has 1 aliphatic carbocycles. The van der Waals surface area contributed by atoms with Crippen LogP contribution in [0.2, 0.25) is 10.0 Å². The number of amides is 1. The molecule has 2 fully saturated rings. The van der Waals surface area contributed by atoms with Gasteiger partial charge in [-0.2, -0.15) is 5.10 Å². The van der Waals surface area contributed by atoms with Crippen molar-refractivity contribution in [2.75, 3.05) is 25.5 Å². The van der Waals surface area contributed by atoms with Crippen molar-refractivity contribution in [3.8, 4) is 28.3 Å². The first-order valence-corrected chi connectivity index (χ1v) is 16.9. The van der Waals surface area contributed by atoms with Crippen molar-refractivity contribution in [3.63, 3.8) is 0 Å². The number of methoxy groups -OCH3 is 1. The normalized spacial score (nSPS) is 15.8. The van der Waals surface area contributed by atoms with Gasteiger partial charge in [0.1, 0.15) is 11.5 Å². The molecule has 2 aliphatic heterocycles. The van der Waals surface area contributed by atoms with Crippen LogP contribution in [0.15, 0.2) is 59.5 Å². The highest BCUT2D eigenvalue weighted by Gasteiger charge is 2.42. The van der Waals surface area contributed by atoms with E-state index in [0.29, 0.717) is 33.4 Å². The first-order valence-electron chi connectivity index (χ1n) is 16.2. The van der Waals surface area contributed by atoms with E-state index in [1.54, 1.807) is 25.3 Å². The number of hydrogen-bond acceptors (Lipinski definition) is 8. The van der Waals surface area contributed by atoms with E-state index >= 15 is 0 Å². The van der Waals surface area contributed by atoms with Crippen LogP contribution in [0.4, 0.5) is 20.3 Å². The third-order valence-corrected chi connectivity index (χ3v) is 10.2. The van der Waals surface area contributed by atoms with Gasteiger partial charge in [0.25, 0.3) is 12.0 Å². The third-order valence-electron chi connectivity index (χ3n) is 9.39. The van der Waals surface area contributed by atoms with Crippen LogP contribution in [0.25, 0.3) is 33.2 Å². The zero-order valence-corrected chi connectivity index (χ0v) is 28.8. The number of aromatic nitrogens is 4. The lowest BCUT2D eigenvalue weighted by Gasteiger charge is -2.38. The fourth-order valence-electron chi connectivity index (χ4n) is 6.70. The van der Waals surface area contributed by atoms with E-state index in [9.17, 15) is 18.4 Å². The molecule has 1 amide bonds. The number of nitrogens with zero attached hydrogens (tertiary/aromatic N) is 4. The van der Waals surface area contributed by atoms with E-state index in [-0.39, 0.29) is 33.1 Å². The first kappa shape index (κ1) is 33.8. The summed E-state index contributed by atoms with van der Waals surface area (Å²) in [6.45, 7) is 1.94. The minimum Gasteiger partial charge on any atom is -0.481 e. The standard InChI is InChI=1S/C30H23Cl2F2N5O2.C6H10N2O/c1-39-30(40)24-16(14-35-39)13-23(27(33)34)37-28(24)36-21-11-5-9-19(26(21)32)18-8-4-10-20(25(18)31)22-12-15-6-3-7-17(15)29(38-22)41-2;9-5-1-2-6(8-5)3-7-4-6/h4-5,8-14,27H,3,6-7H2,1-2H3,(H,36,37);7H,1-4H2,(H,8,9). The zero-order chi connectivity index (χ0) is 35.2. The Balaban J connectivity index is 0.000000375. The number of carbonyl (C=O) groups excluding carboxylic acids is 1. The second kappa shape index (κ2) is 13.6. The largest absolute Gasteiger partial charge is 0.481 e. The molecule has 1 spiro atoms. The molecule has 0 bridgehead atoms. The molecule has 0 atom stereocenters. The predicted molar refractivity (Wildman–Crippen MR) is 190 cm³/mol. The van der Waals surface area contributed by atoms with Gasteiger partial charge in [-0.25, -0.2) is 23.4 Å². The number of rotatable bonds is 6. The van der Waals surface area contributed by atoms with Gasteiger partial charge in [-0.1, -0.05) is 53.5 Å². The van der Waals surface area contributed by atoms with Gasteiger partial charge < -0.3 is 20.7 Å². The van der Waals surface area contributed by atoms with Gasteiger partial charge >= 0.3 is 0 Å². The number of ether oxygens (including phenoxy) is 1. The Morgan fingerprint density at radius 1 is 0.980 bits per heavy atom. The summed E-state index contributed by atoms with van der Waals surface area (Å²) in [7, 11) is 3.09. The number of pyridine rings is 2. The summed E-state index contributed by atoms with van der Waals surface area (Å²) in [4.78, 5) is 32.4. The Morgan fingerprint density at radius 3 is 2.38 bits per heavy atom. The molecule has 14 heteroatoms. The molecule has 50 heavy (non-hydrogen) atoms. The van der Waals surface area contributed by atoms with E-state index < -0.39 is 17.7 Å². The van der Waals surface area contributed by atoms with Gasteiger partial charge in [0.2, 0.25) is 11.8 Å². The number of anilines is 2. The van der Waals surface area contributed by atoms with Crippen molar-refractivity contribution in [1.29, 1.82) is 0 Å². The second-order valence-electron chi connectivity index (χ2n) is 12.6. The molecule has 10 nitrogen and oxygen atoms in total. The number of carbonyl (C=O) groups is 1. The number of benzene rings is 2. The third kappa shape index (κ3) is 6.27. The lowest BCUT2D eigenvalue weighted by Crippen LogP contribution is -2.65. The van der Waals surface area contributed by atoms with Crippen molar-refractivity contribution in [3.05, 3.63) is 91.9 Å². The number of halogens is 4. The van der Waals surface area contributed by atoms with E-state index in [0.717, 1.165) is 67.1 Å². The van der Waals surface area contributed by atoms with Gasteiger partial charge in [-0.15, -0.1) is 0 Å². The van der Waals surface area contributed by atoms with E-state index in [4.69, 9.17) is 32.9 Å². The van der Waals surface area contributed by atoms with Crippen molar-refractivity contribution in [2.24, 2.45) is 7.05 Å². The van der Waals surface area contributed by atoms with Crippen LogP contribution in [0.1, 0.15) is 42.5 Å². The van der Waals surface area contributed by atoms with Crippen LogP contribution in [0.3, 0.4) is 0 Å². The minimum absolute atomic E-state index is 0.0471. The van der Waals surface area contributed by atoms with Crippen LogP contribution in [0, 0.1) is 0 Å². The maximum absolute atomic E-state index is 13.7. The summed E-state index contributed by atoms with van der Waals surface area (Å²) in [6, 6.07) is 14.0. The van der Waals surface area contributed by atoms with Gasteiger partial charge in [-0.3, -0.25) is 9.59 Å². The van der Waals surface area contributed by atoms with E-state index in [2.05, 4.69) is 32.1 Å². The van der Waals surface area contributed by atoms with Crippen LogP contribution in [-0.4, -0.2) is 51.4 Å². The number of fused-ring (bicyclic) bond motifs is 2. The maximum Gasteiger partial charge on any atom is 0.280 e. The van der Waals surface area contributed by atoms with Crippen molar-refractivity contribution in [1.82, 2.24) is 30.4 Å². The summed E-state index contributed by atoms with van der Waals surface area (Å²) in [5, 5.41) is 14.1. The van der Waals surface area contributed by atoms with Gasteiger partial charge in [-0.05, 0) is 49.4 Å². The predicted octanol–water partition coefficient (Wildman–Crippen LogP) is 6.78. The smallest absolute Gasteiger partial charge is 0.280 e. The minimum atomic E-state index is -2.85. The summed E-state index contributed by atoms with van der Waals surface area (Å²) in [6.07, 6.45) is 3.18. The summed E-state index contributed by atoms with van der Waals surface area (Å²) < 4.78 is 34.0. The highest BCUT2D eigenvalue weighted by atomic mass is 35.5. The number of nitrogens with one attached hydrogen (secondary N) is 3. The van der Waals surface area contributed by atoms with Crippen LogP contribution >= 0.6 is 23.2 Å². The molecule has 3 aliphatic rings. The quantitative estimate of drug-likeness (QED) is 0.176. The summed E-state index contributed by atoms with van der Waals surface area (Å²) in [5.41, 5.74) is 4.56. The number of hydrogen-bond donors (Lipinski definition) is 3. The number of aryl methyl sites for hydroxylation is 2. The molecule has 3 N–H and O–H groups in total. The Labute approximate surface area is 296 Å². The molecule has 258 valence electrons. The first-order chi connectivity index (χ1) is 24.1. The average Bonchev–Trinajstić information content (AvgIpc) is 3.74. The highest BCUT2D eigenvalue weighted by molar-refractivity contribution is 6.39. The Hall–Kier alpha value is -4.65. The van der Waals surface area contributed by atoms with E-state index in [1.807, 2.05) is 18.2 Å². The molecule has 5 heterocycles. The SMILES string of the molecule is COc1nc(-c2cccc(-c3cccc(Nc4nc(C(F)F)cc5cnn(C)c(=O)c45)c3Cl)c2Cl)cc2c1CCC2.O=C1CCC2(CNC2)N1. The monoisotopic (exact) mass is 719 g/mol. The number of alkyl halides is 2. The molecule has 8 rings (SSSR count). The van der Waals surface area contributed by atoms with Crippen LogP contribution in [-0.2, 0) is 24.7 Å². The van der Waals surface area contributed by atoms with Crippen LogP contribution < -0.4 is 26.2 Å². The molecule has 0 radical (unpaired) electrons. The van der Waals surface area contributed by atoms with Crippen LogP contribution in [0.5, 0.6) is 5.88 Å². The van der Waals surface area contributed by atoms with Gasteiger partial charge in [0, 0.05) is 54.2 Å². The lowest BCUT2D eigenvalue weighted by atomic mass is 9.91. The lowest BCUT2D eigenvalue weighted by molar-refractivity contribution is -0.120. The zero-order valence-electron chi connectivity index (χ0n) is 27.2. The maximum atomic E-state index is 13.7. The molecular weight excluding hydrogens is 687 g/mol. The van der Waals surface area contributed by atoms with Crippen molar-refractivity contribution < 1.29 is 18.3 Å². The molecule has 0 saturated carbocycles. The summed E-state index contributed by atoms with van der Waals surface area (Å²) in [5.74, 6) is 0.776. The Bertz CT molecular complexity index is 2210. The Kier molecular flexibility index (Phi) is 9.19. The molecule has 2 aromatic carbocycles. The topological polar surface area (TPSA) is 123 Å². The van der Waals surface area contributed by atoms with Crippen molar-refractivity contribution in [2.45, 2.75) is 44.1 Å². The van der Waals surface area contributed by atoms with E-state index in [1.165, 1.54) is 18.8 Å². The summed E-state index contributed by atoms with van der Waals surface area (Å²) >= 11 is 13.9. The Morgan fingerprint density at radius 2 is 1.72 bits per heavy atom. The fraction of sp³-hybridized carbons (Fsp3) is 0.306. The van der Waals surface area contributed by atoms with Gasteiger partial charge in [0.15, 0.2) is 0 Å².